The highest BCUT2D eigenvalue weighted by molar-refractivity contribution is 5.60. The van der Waals surface area contributed by atoms with E-state index in [1.165, 1.54) is 0 Å². The van der Waals surface area contributed by atoms with Crippen LogP contribution in [-0.2, 0) is 4.74 Å². The third kappa shape index (κ3) is 3.51. The van der Waals surface area contributed by atoms with Gasteiger partial charge in [0.15, 0.2) is 11.5 Å². The van der Waals surface area contributed by atoms with E-state index in [4.69, 9.17) is 19.5 Å². The van der Waals surface area contributed by atoms with Crippen LogP contribution in [0.2, 0.25) is 0 Å². The molecule has 90 valence electrons. The van der Waals surface area contributed by atoms with E-state index in [-0.39, 0.29) is 0 Å². The molecule has 0 atom stereocenters. The predicted octanol–water partition coefficient (Wildman–Crippen LogP) is 2.26. The maximum absolute atomic E-state index is 8.89. The summed E-state index contributed by atoms with van der Waals surface area (Å²) >= 11 is 0. The van der Waals surface area contributed by atoms with Crippen molar-refractivity contribution in [2.45, 2.75) is 0 Å². The lowest BCUT2D eigenvalue weighted by Gasteiger charge is -2.07. The van der Waals surface area contributed by atoms with Crippen LogP contribution < -0.4 is 9.47 Å². The van der Waals surface area contributed by atoms with E-state index in [0.29, 0.717) is 23.7 Å². The van der Waals surface area contributed by atoms with Gasteiger partial charge in [-0.05, 0) is 23.8 Å². The highest BCUT2D eigenvalue weighted by Crippen LogP contribution is 2.28. The van der Waals surface area contributed by atoms with Gasteiger partial charge in [0.25, 0.3) is 0 Å². The lowest BCUT2D eigenvalue weighted by molar-refractivity contribution is 0.229. The molecule has 0 bridgehead atoms. The van der Waals surface area contributed by atoms with Crippen molar-refractivity contribution in [2.24, 2.45) is 0 Å². The van der Waals surface area contributed by atoms with Gasteiger partial charge in [0.1, 0.15) is 0 Å². The molecular formula is C13H15NO3. The third-order valence-electron chi connectivity index (χ3n) is 2.19. The summed E-state index contributed by atoms with van der Waals surface area (Å²) < 4.78 is 15.2. The smallest absolute Gasteiger partial charge is 0.161 e. The van der Waals surface area contributed by atoms with Crippen molar-refractivity contribution in [1.82, 2.24) is 0 Å². The first kappa shape index (κ1) is 13.1. The van der Waals surface area contributed by atoms with Crippen molar-refractivity contribution in [3.63, 3.8) is 0 Å². The minimum Gasteiger partial charge on any atom is -0.493 e. The summed E-state index contributed by atoms with van der Waals surface area (Å²) in [7, 11) is 4.71. The van der Waals surface area contributed by atoms with Crippen LogP contribution in [0.1, 0.15) is 5.56 Å². The SMILES string of the molecule is COCC(C#N)=Cc1ccc(OC)c(OC)c1. The summed E-state index contributed by atoms with van der Waals surface area (Å²) in [6.07, 6.45) is 1.76. The van der Waals surface area contributed by atoms with Gasteiger partial charge in [-0.1, -0.05) is 6.07 Å². The second-order valence-electron chi connectivity index (χ2n) is 3.33. The summed E-state index contributed by atoms with van der Waals surface area (Å²) in [5.41, 5.74) is 1.43. The van der Waals surface area contributed by atoms with Crippen LogP contribution in [-0.4, -0.2) is 27.9 Å². The van der Waals surface area contributed by atoms with Gasteiger partial charge in [-0.3, -0.25) is 0 Å². The minimum atomic E-state index is 0.296. The highest BCUT2D eigenvalue weighted by Gasteiger charge is 2.04. The summed E-state index contributed by atoms with van der Waals surface area (Å²) in [6, 6.07) is 7.55. The average molecular weight is 233 g/mol. The quantitative estimate of drug-likeness (QED) is 0.732. The summed E-state index contributed by atoms with van der Waals surface area (Å²) in [5, 5.41) is 8.89. The molecule has 1 aromatic rings. The number of hydrogen-bond acceptors (Lipinski definition) is 4. The van der Waals surface area contributed by atoms with Crippen LogP contribution in [0.15, 0.2) is 23.8 Å². The molecule has 1 rings (SSSR count). The van der Waals surface area contributed by atoms with Gasteiger partial charge < -0.3 is 14.2 Å². The Hall–Kier alpha value is -1.99. The largest absolute Gasteiger partial charge is 0.493 e. The lowest BCUT2D eigenvalue weighted by Crippen LogP contribution is -1.93. The zero-order chi connectivity index (χ0) is 12.7. The monoisotopic (exact) mass is 233 g/mol. The number of hydrogen-bond donors (Lipinski definition) is 0. The van der Waals surface area contributed by atoms with Gasteiger partial charge in [-0.25, -0.2) is 0 Å². The molecule has 0 spiro atoms. The molecule has 0 aliphatic heterocycles. The van der Waals surface area contributed by atoms with Crippen LogP contribution in [0.3, 0.4) is 0 Å². The molecule has 4 nitrogen and oxygen atoms in total. The number of nitriles is 1. The molecule has 0 N–H and O–H groups in total. The first-order chi connectivity index (χ1) is 8.24. The minimum absolute atomic E-state index is 0.296. The third-order valence-corrected chi connectivity index (χ3v) is 2.19. The number of methoxy groups -OCH3 is 3. The summed E-state index contributed by atoms with van der Waals surface area (Å²) in [6.45, 7) is 0.296. The Morgan fingerprint density at radius 2 is 1.94 bits per heavy atom. The Balaban J connectivity index is 3.04. The van der Waals surface area contributed by atoms with Crippen molar-refractivity contribution in [3.8, 4) is 17.6 Å². The van der Waals surface area contributed by atoms with Gasteiger partial charge >= 0.3 is 0 Å². The molecule has 0 radical (unpaired) electrons. The summed E-state index contributed by atoms with van der Waals surface area (Å²) in [4.78, 5) is 0. The molecule has 0 fully saturated rings. The van der Waals surface area contributed by atoms with Crippen molar-refractivity contribution in [2.75, 3.05) is 27.9 Å². The van der Waals surface area contributed by atoms with E-state index in [9.17, 15) is 0 Å². The fourth-order valence-electron chi connectivity index (χ4n) is 1.41. The number of rotatable bonds is 5. The number of nitrogens with zero attached hydrogens (tertiary/aromatic N) is 1. The normalized spacial score (nSPS) is 10.8. The first-order valence-corrected chi connectivity index (χ1v) is 5.06. The Kier molecular flexibility index (Phi) is 5.05. The van der Waals surface area contributed by atoms with Gasteiger partial charge in [-0.2, -0.15) is 5.26 Å². The molecule has 0 saturated heterocycles. The number of ether oxygens (including phenoxy) is 3. The zero-order valence-corrected chi connectivity index (χ0v) is 10.2. The van der Waals surface area contributed by atoms with E-state index < -0.39 is 0 Å². The van der Waals surface area contributed by atoms with Crippen LogP contribution in [0, 0.1) is 11.3 Å². The molecular weight excluding hydrogens is 218 g/mol. The van der Waals surface area contributed by atoms with Gasteiger partial charge in [0.05, 0.1) is 32.5 Å². The highest BCUT2D eigenvalue weighted by atomic mass is 16.5. The molecule has 0 aliphatic carbocycles. The molecule has 0 aliphatic rings. The molecule has 4 heteroatoms. The Morgan fingerprint density at radius 1 is 1.24 bits per heavy atom. The maximum Gasteiger partial charge on any atom is 0.161 e. The molecule has 17 heavy (non-hydrogen) atoms. The van der Waals surface area contributed by atoms with Crippen molar-refractivity contribution in [3.05, 3.63) is 29.3 Å². The van der Waals surface area contributed by atoms with Crippen LogP contribution in [0.5, 0.6) is 11.5 Å². The van der Waals surface area contributed by atoms with Gasteiger partial charge in [-0.15, -0.1) is 0 Å². The van der Waals surface area contributed by atoms with Crippen LogP contribution in [0.4, 0.5) is 0 Å². The molecule has 0 saturated carbocycles. The lowest BCUT2D eigenvalue weighted by atomic mass is 10.1. The zero-order valence-electron chi connectivity index (χ0n) is 10.2. The number of benzene rings is 1. The standard InChI is InChI=1S/C13H15NO3/c1-15-9-11(8-14)6-10-4-5-12(16-2)13(7-10)17-3/h4-7H,9H2,1-3H3. The predicted molar refractivity (Wildman–Crippen MR) is 65.0 cm³/mol. The molecule has 0 aromatic heterocycles. The van der Waals surface area contributed by atoms with Crippen LogP contribution >= 0.6 is 0 Å². The van der Waals surface area contributed by atoms with Gasteiger partial charge in [0, 0.05) is 7.11 Å². The van der Waals surface area contributed by atoms with Gasteiger partial charge in [0.2, 0.25) is 0 Å². The molecule has 1 aromatic carbocycles. The first-order valence-electron chi connectivity index (χ1n) is 5.06. The Morgan fingerprint density at radius 3 is 2.47 bits per heavy atom. The Labute approximate surface area is 101 Å². The molecule has 0 amide bonds. The van der Waals surface area contributed by atoms with E-state index in [1.807, 2.05) is 12.1 Å². The maximum atomic E-state index is 8.89. The summed E-state index contributed by atoms with van der Waals surface area (Å²) in [5.74, 6) is 1.30. The van der Waals surface area contributed by atoms with Crippen molar-refractivity contribution in [1.29, 1.82) is 5.26 Å². The molecule has 0 unspecified atom stereocenters. The van der Waals surface area contributed by atoms with E-state index in [0.717, 1.165) is 5.56 Å². The van der Waals surface area contributed by atoms with E-state index in [1.54, 1.807) is 33.5 Å². The second-order valence-corrected chi connectivity index (χ2v) is 3.33. The van der Waals surface area contributed by atoms with Crippen LogP contribution in [0.25, 0.3) is 6.08 Å². The van der Waals surface area contributed by atoms with E-state index >= 15 is 0 Å². The molecule has 0 heterocycles. The second kappa shape index (κ2) is 6.56. The van der Waals surface area contributed by atoms with Crippen molar-refractivity contribution < 1.29 is 14.2 Å². The fraction of sp³-hybridized carbons (Fsp3) is 0.308. The van der Waals surface area contributed by atoms with Crippen molar-refractivity contribution >= 4 is 6.08 Å². The fourth-order valence-corrected chi connectivity index (χ4v) is 1.41. The average Bonchev–Trinajstić information content (AvgIpc) is 2.38. The topological polar surface area (TPSA) is 51.5 Å². The van der Waals surface area contributed by atoms with E-state index in [2.05, 4.69) is 6.07 Å². The Bertz CT molecular complexity index is 446.